The molecule has 2 atom stereocenters. The molecule has 3 rings (SSSR count). The van der Waals surface area contributed by atoms with E-state index in [1.54, 1.807) is 6.20 Å². The summed E-state index contributed by atoms with van der Waals surface area (Å²) in [5, 5.41) is 17.2. The van der Waals surface area contributed by atoms with E-state index >= 15 is 0 Å². The molecule has 0 spiro atoms. The number of fused-ring (bicyclic) bond motifs is 1. The lowest BCUT2D eigenvalue weighted by atomic mass is 10.1. The Kier molecular flexibility index (Phi) is 3.04. The normalized spacial score (nSPS) is 24.0. The van der Waals surface area contributed by atoms with E-state index in [1.165, 1.54) is 0 Å². The molecule has 0 saturated carbocycles. The maximum absolute atomic E-state index is 9.28. The lowest BCUT2D eigenvalue weighted by Gasteiger charge is -2.38. The highest BCUT2D eigenvalue weighted by molar-refractivity contribution is 5.88. The molecule has 1 saturated heterocycles. The molecule has 0 aliphatic carbocycles. The van der Waals surface area contributed by atoms with Gasteiger partial charge < -0.3 is 20.5 Å². The number of aromatic amines is 1. The fourth-order valence-electron chi connectivity index (χ4n) is 2.61. The minimum Gasteiger partial charge on any atom is -0.397 e. The Morgan fingerprint density at radius 1 is 1.53 bits per heavy atom. The average Bonchev–Trinajstić information content (AvgIpc) is 2.84. The number of rotatable bonds is 2. The van der Waals surface area contributed by atoms with E-state index < -0.39 is 0 Å². The molecule has 6 heteroatoms. The topological polar surface area (TPSA) is 87.4 Å². The van der Waals surface area contributed by atoms with Crippen molar-refractivity contribution in [2.45, 2.75) is 19.1 Å². The zero-order valence-electron chi connectivity index (χ0n) is 10.8. The maximum atomic E-state index is 9.28. The molecule has 102 valence electrons. The minimum absolute atomic E-state index is 0.0209. The molecule has 1 aliphatic heterocycles. The number of anilines is 2. The molecule has 0 radical (unpaired) electrons. The molecule has 1 aromatic carbocycles. The van der Waals surface area contributed by atoms with Gasteiger partial charge in [-0.1, -0.05) is 0 Å². The smallest absolute Gasteiger partial charge is 0.0984 e. The number of aliphatic hydroxyl groups excluding tert-OH is 1. The summed E-state index contributed by atoms with van der Waals surface area (Å²) < 4.78 is 5.65. The van der Waals surface area contributed by atoms with Crippen molar-refractivity contribution < 1.29 is 9.84 Å². The van der Waals surface area contributed by atoms with Gasteiger partial charge in [0.1, 0.15) is 0 Å². The molecule has 1 aromatic heterocycles. The highest BCUT2D eigenvalue weighted by atomic mass is 16.5. The maximum Gasteiger partial charge on any atom is 0.0984 e. The lowest BCUT2D eigenvalue weighted by molar-refractivity contribution is -0.0420. The van der Waals surface area contributed by atoms with Crippen molar-refractivity contribution in [3.63, 3.8) is 0 Å². The molecule has 6 nitrogen and oxygen atoms in total. The molecule has 0 bridgehead atoms. The summed E-state index contributed by atoms with van der Waals surface area (Å²) in [4.78, 5) is 2.16. The van der Waals surface area contributed by atoms with Crippen LogP contribution < -0.4 is 10.6 Å². The van der Waals surface area contributed by atoms with Gasteiger partial charge in [0, 0.05) is 18.5 Å². The zero-order chi connectivity index (χ0) is 13.4. The van der Waals surface area contributed by atoms with Gasteiger partial charge in [-0.3, -0.25) is 5.10 Å². The van der Waals surface area contributed by atoms with Gasteiger partial charge in [0.05, 0.1) is 41.9 Å². The van der Waals surface area contributed by atoms with Gasteiger partial charge in [-0.05, 0) is 19.1 Å². The first kappa shape index (κ1) is 12.3. The summed E-state index contributed by atoms with van der Waals surface area (Å²) in [7, 11) is 0. The van der Waals surface area contributed by atoms with Crippen LogP contribution in [-0.4, -0.2) is 47.2 Å². The first-order chi connectivity index (χ1) is 9.17. The predicted molar refractivity (Wildman–Crippen MR) is 74.1 cm³/mol. The van der Waals surface area contributed by atoms with E-state index in [0.29, 0.717) is 6.54 Å². The van der Waals surface area contributed by atoms with Gasteiger partial charge in [0.15, 0.2) is 0 Å². The Bertz CT molecular complexity index is 583. The zero-order valence-corrected chi connectivity index (χ0v) is 10.8. The highest BCUT2D eigenvalue weighted by Gasteiger charge is 2.26. The number of nitrogens with one attached hydrogen (secondary N) is 1. The molecular weight excluding hydrogens is 244 g/mol. The Balaban J connectivity index is 1.95. The highest BCUT2D eigenvalue weighted by Crippen LogP contribution is 2.30. The Labute approximate surface area is 111 Å². The Morgan fingerprint density at radius 2 is 2.37 bits per heavy atom. The number of benzene rings is 1. The van der Waals surface area contributed by atoms with E-state index in [9.17, 15) is 5.11 Å². The molecule has 2 unspecified atom stereocenters. The summed E-state index contributed by atoms with van der Waals surface area (Å²) in [5.41, 5.74) is 8.77. The number of nitrogens with two attached hydrogens (primary N) is 1. The number of nitrogen functional groups attached to an aromatic ring is 1. The fraction of sp³-hybridized carbons (Fsp3) is 0.462. The molecule has 0 amide bonds. The van der Waals surface area contributed by atoms with Gasteiger partial charge in [-0.15, -0.1) is 0 Å². The van der Waals surface area contributed by atoms with Crippen molar-refractivity contribution in [3.05, 3.63) is 18.3 Å². The number of aliphatic hydroxyl groups is 1. The number of hydrogen-bond donors (Lipinski definition) is 3. The van der Waals surface area contributed by atoms with Crippen LogP contribution in [0.4, 0.5) is 11.4 Å². The van der Waals surface area contributed by atoms with Crippen molar-refractivity contribution in [1.29, 1.82) is 0 Å². The van der Waals surface area contributed by atoms with Crippen LogP contribution in [0.25, 0.3) is 10.9 Å². The molecule has 4 N–H and O–H groups in total. The monoisotopic (exact) mass is 262 g/mol. The van der Waals surface area contributed by atoms with Crippen LogP contribution in [0.15, 0.2) is 18.3 Å². The van der Waals surface area contributed by atoms with Crippen LogP contribution >= 0.6 is 0 Å². The number of morpholine rings is 1. The summed E-state index contributed by atoms with van der Waals surface area (Å²) >= 11 is 0. The summed E-state index contributed by atoms with van der Waals surface area (Å²) in [5.74, 6) is 0. The average molecular weight is 262 g/mol. The SMILES string of the molecule is CC1CN(c2cc3[nH]ncc3cc2N)CC(CO)O1. The third kappa shape index (κ3) is 2.24. The van der Waals surface area contributed by atoms with Crippen LogP contribution in [0.1, 0.15) is 6.92 Å². The number of hydrogen-bond acceptors (Lipinski definition) is 5. The van der Waals surface area contributed by atoms with Gasteiger partial charge in [-0.25, -0.2) is 0 Å². The first-order valence-electron chi connectivity index (χ1n) is 6.41. The Morgan fingerprint density at radius 3 is 3.16 bits per heavy atom. The van der Waals surface area contributed by atoms with Gasteiger partial charge in [-0.2, -0.15) is 5.10 Å². The van der Waals surface area contributed by atoms with Gasteiger partial charge in [0.2, 0.25) is 0 Å². The van der Waals surface area contributed by atoms with Crippen molar-refractivity contribution in [2.75, 3.05) is 30.3 Å². The molecule has 2 heterocycles. The van der Waals surface area contributed by atoms with Crippen molar-refractivity contribution in [3.8, 4) is 0 Å². The van der Waals surface area contributed by atoms with Crippen LogP contribution in [0.3, 0.4) is 0 Å². The largest absolute Gasteiger partial charge is 0.397 e. The molecular formula is C13H18N4O2. The van der Waals surface area contributed by atoms with Crippen LogP contribution in [0, 0.1) is 0 Å². The lowest BCUT2D eigenvalue weighted by Crippen LogP contribution is -2.48. The van der Waals surface area contributed by atoms with E-state index in [0.717, 1.165) is 28.8 Å². The van der Waals surface area contributed by atoms with Crippen LogP contribution in [0.5, 0.6) is 0 Å². The molecule has 1 aliphatic rings. The van der Waals surface area contributed by atoms with Crippen LogP contribution in [0.2, 0.25) is 0 Å². The number of aromatic nitrogens is 2. The van der Waals surface area contributed by atoms with Crippen molar-refractivity contribution >= 4 is 22.3 Å². The fourth-order valence-corrected chi connectivity index (χ4v) is 2.61. The molecule has 2 aromatic rings. The second-order valence-corrected chi connectivity index (χ2v) is 5.02. The van der Waals surface area contributed by atoms with E-state index in [2.05, 4.69) is 15.1 Å². The summed E-state index contributed by atoms with van der Waals surface area (Å²) in [6.45, 7) is 3.43. The van der Waals surface area contributed by atoms with Crippen molar-refractivity contribution in [2.24, 2.45) is 0 Å². The van der Waals surface area contributed by atoms with Crippen molar-refractivity contribution in [1.82, 2.24) is 10.2 Å². The second-order valence-electron chi connectivity index (χ2n) is 5.02. The van der Waals surface area contributed by atoms with E-state index in [1.807, 2.05) is 19.1 Å². The predicted octanol–water partition coefficient (Wildman–Crippen LogP) is 0.731. The number of nitrogens with zero attached hydrogens (tertiary/aromatic N) is 2. The third-order valence-electron chi connectivity index (χ3n) is 3.46. The summed E-state index contributed by atoms with van der Waals surface area (Å²) in [6.07, 6.45) is 1.66. The standard InChI is InChI=1S/C13H18N4O2/c1-8-5-17(6-10(7-18)19-8)13-3-12-9(2-11(13)14)4-15-16-12/h2-4,8,10,18H,5-7,14H2,1H3,(H,15,16). The van der Waals surface area contributed by atoms with Crippen LogP contribution in [-0.2, 0) is 4.74 Å². The third-order valence-corrected chi connectivity index (χ3v) is 3.46. The quantitative estimate of drug-likeness (QED) is 0.695. The molecule has 1 fully saturated rings. The first-order valence-corrected chi connectivity index (χ1v) is 6.41. The van der Waals surface area contributed by atoms with Gasteiger partial charge >= 0.3 is 0 Å². The molecule has 19 heavy (non-hydrogen) atoms. The second kappa shape index (κ2) is 4.71. The van der Waals surface area contributed by atoms with Gasteiger partial charge in [0.25, 0.3) is 0 Å². The summed E-state index contributed by atoms with van der Waals surface area (Å²) in [6, 6.07) is 3.92. The number of ether oxygens (including phenoxy) is 1. The minimum atomic E-state index is -0.166. The van der Waals surface area contributed by atoms with E-state index in [-0.39, 0.29) is 18.8 Å². The number of H-pyrrole nitrogens is 1. The van der Waals surface area contributed by atoms with E-state index in [4.69, 9.17) is 10.5 Å². The Hall–Kier alpha value is -1.79.